The topological polar surface area (TPSA) is 70.2 Å². The molecule has 0 bridgehead atoms. The molecule has 0 aliphatic carbocycles. The molecule has 1 aromatic rings. The van der Waals surface area contributed by atoms with Gasteiger partial charge in [0, 0.05) is 45.4 Å². The Bertz CT molecular complexity index is 741. The third kappa shape index (κ3) is 5.49. The lowest BCUT2D eigenvalue weighted by Crippen LogP contribution is -2.50. The Balaban J connectivity index is 1.44. The lowest BCUT2D eigenvalue weighted by Gasteiger charge is -2.35. The van der Waals surface area contributed by atoms with Crippen LogP contribution in [0.2, 0.25) is 0 Å². The number of carbonyl (C=O) groups excluding carboxylic acids is 3. The van der Waals surface area contributed by atoms with Gasteiger partial charge in [-0.05, 0) is 24.5 Å². The van der Waals surface area contributed by atoms with E-state index in [1.165, 1.54) is 0 Å². The van der Waals surface area contributed by atoms with E-state index in [-0.39, 0.29) is 30.6 Å². The summed E-state index contributed by atoms with van der Waals surface area (Å²) in [5.74, 6) is 1.31. The largest absolute Gasteiger partial charge is 0.490 e. The van der Waals surface area contributed by atoms with Gasteiger partial charge in [-0.1, -0.05) is 26.0 Å². The molecule has 158 valence electrons. The van der Waals surface area contributed by atoms with Crippen molar-refractivity contribution in [2.75, 3.05) is 44.2 Å². The maximum absolute atomic E-state index is 12.7. The lowest BCUT2D eigenvalue weighted by molar-refractivity contribution is -0.140. The van der Waals surface area contributed by atoms with E-state index < -0.39 is 0 Å². The van der Waals surface area contributed by atoms with Crippen LogP contribution in [0, 0.1) is 5.92 Å². The SMILES string of the molecule is CC(C)CCC(=O)N1CCN(C(=O)CCC(=O)N2CCOc3ccccc32)CC1. The molecule has 3 rings (SSSR count). The number of piperazine rings is 1. The number of anilines is 1. The molecule has 7 nitrogen and oxygen atoms in total. The van der Waals surface area contributed by atoms with Gasteiger partial charge in [0.15, 0.2) is 0 Å². The Kier molecular flexibility index (Phi) is 7.12. The van der Waals surface area contributed by atoms with Crippen molar-refractivity contribution in [3.05, 3.63) is 24.3 Å². The molecule has 0 spiro atoms. The van der Waals surface area contributed by atoms with Gasteiger partial charge in [0.1, 0.15) is 12.4 Å². The zero-order valence-electron chi connectivity index (χ0n) is 17.4. The van der Waals surface area contributed by atoms with Crippen LogP contribution in [0.5, 0.6) is 5.75 Å². The molecule has 2 aliphatic heterocycles. The van der Waals surface area contributed by atoms with Crippen LogP contribution in [-0.4, -0.2) is 66.9 Å². The van der Waals surface area contributed by atoms with Crippen molar-refractivity contribution in [1.82, 2.24) is 9.80 Å². The molecule has 0 unspecified atom stereocenters. The predicted octanol–water partition coefficient (Wildman–Crippen LogP) is 2.30. The summed E-state index contributed by atoms with van der Waals surface area (Å²) in [5, 5.41) is 0. The number of hydrogen-bond acceptors (Lipinski definition) is 4. The van der Waals surface area contributed by atoms with Gasteiger partial charge < -0.3 is 19.4 Å². The number of carbonyl (C=O) groups is 3. The van der Waals surface area contributed by atoms with Gasteiger partial charge in [-0.2, -0.15) is 0 Å². The summed E-state index contributed by atoms with van der Waals surface area (Å²) in [5.41, 5.74) is 0.768. The highest BCUT2D eigenvalue weighted by molar-refractivity contribution is 5.97. The molecule has 0 aromatic heterocycles. The van der Waals surface area contributed by atoms with E-state index in [1.54, 1.807) is 9.80 Å². The number of hydrogen-bond donors (Lipinski definition) is 0. The summed E-state index contributed by atoms with van der Waals surface area (Å²) in [7, 11) is 0. The van der Waals surface area contributed by atoms with Gasteiger partial charge in [-0.15, -0.1) is 0 Å². The molecular formula is C22H31N3O4. The smallest absolute Gasteiger partial charge is 0.227 e. The number of amides is 3. The minimum absolute atomic E-state index is 0.0193. The van der Waals surface area contributed by atoms with E-state index >= 15 is 0 Å². The summed E-state index contributed by atoms with van der Waals surface area (Å²) in [6.07, 6.45) is 1.84. The molecule has 0 saturated carbocycles. The zero-order chi connectivity index (χ0) is 20.8. The van der Waals surface area contributed by atoms with Crippen LogP contribution in [-0.2, 0) is 14.4 Å². The van der Waals surface area contributed by atoms with E-state index in [4.69, 9.17) is 4.74 Å². The van der Waals surface area contributed by atoms with Gasteiger partial charge >= 0.3 is 0 Å². The Labute approximate surface area is 172 Å². The first-order chi connectivity index (χ1) is 14.0. The normalized spacial score (nSPS) is 16.4. The summed E-state index contributed by atoms with van der Waals surface area (Å²) < 4.78 is 5.58. The second-order valence-electron chi connectivity index (χ2n) is 8.06. The monoisotopic (exact) mass is 401 g/mol. The second-order valence-corrected chi connectivity index (χ2v) is 8.06. The minimum Gasteiger partial charge on any atom is -0.490 e. The average Bonchev–Trinajstić information content (AvgIpc) is 2.75. The first-order valence-corrected chi connectivity index (χ1v) is 10.5. The van der Waals surface area contributed by atoms with Crippen molar-refractivity contribution in [3.63, 3.8) is 0 Å². The molecule has 2 heterocycles. The van der Waals surface area contributed by atoms with Crippen LogP contribution >= 0.6 is 0 Å². The van der Waals surface area contributed by atoms with Crippen molar-refractivity contribution in [1.29, 1.82) is 0 Å². The first-order valence-electron chi connectivity index (χ1n) is 10.5. The maximum atomic E-state index is 12.7. The minimum atomic E-state index is -0.0587. The molecule has 2 aliphatic rings. The molecule has 1 fully saturated rings. The third-order valence-electron chi connectivity index (χ3n) is 5.50. The predicted molar refractivity (Wildman–Crippen MR) is 111 cm³/mol. The van der Waals surface area contributed by atoms with Crippen LogP contribution in [0.1, 0.15) is 39.5 Å². The quantitative estimate of drug-likeness (QED) is 0.733. The van der Waals surface area contributed by atoms with Gasteiger partial charge in [0.2, 0.25) is 17.7 Å². The van der Waals surface area contributed by atoms with Crippen molar-refractivity contribution >= 4 is 23.4 Å². The molecule has 3 amide bonds. The van der Waals surface area contributed by atoms with Crippen LogP contribution in [0.15, 0.2) is 24.3 Å². The molecule has 0 radical (unpaired) electrons. The number of nitrogens with zero attached hydrogens (tertiary/aromatic N) is 3. The molecule has 29 heavy (non-hydrogen) atoms. The fraction of sp³-hybridized carbons (Fsp3) is 0.591. The second kappa shape index (κ2) is 9.76. The number of benzene rings is 1. The van der Waals surface area contributed by atoms with E-state index in [2.05, 4.69) is 13.8 Å². The summed E-state index contributed by atoms with van der Waals surface area (Å²) in [4.78, 5) is 42.8. The van der Waals surface area contributed by atoms with Crippen molar-refractivity contribution in [2.45, 2.75) is 39.5 Å². The highest BCUT2D eigenvalue weighted by Gasteiger charge is 2.27. The van der Waals surface area contributed by atoms with Crippen LogP contribution in [0.3, 0.4) is 0 Å². The molecule has 7 heteroatoms. The van der Waals surface area contributed by atoms with E-state index in [9.17, 15) is 14.4 Å². The number of para-hydroxylation sites is 2. The van der Waals surface area contributed by atoms with Crippen LogP contribution in [0.4, 0.5) is 5.69 Å². The van der Waals surface area contributed by atoms with Gasteiger partial charge in [0.25, 0.3) is 0 Å². The Morgan fingerprint density at radius 1 is 0.862 bits per heavy atom. The number of fused-ring (bicyclic) bond motifs is 1. The van der Waals surface area contributed by atoms with Crippen molar-refractivity contribution < 1.29 is 19.1 Å². The Hall–Kier alpha value is -2.57. The van der Waals surface area contributed by atoms with Crippen LogP contribution in [0.25, 0.3) is 0 Å². The fourth-order valence-corrected chi connectivity index (χ4v) is 3.71. The highest BCUT2D eigenvalue weighted by Crippen LogP contribution is 2.31. The molecular weight excluding hydrogens is 370 g/mol. The summed E-state index contributed by atoms with van der Waals surface area (Å²) >= 11 is 0. The van der Waals surface area contributed by atoms with Crippen LogP contribution < -0.4 is 9.64 Å². The molecule has 0 N–H and O–H groups in total. The van der Waals surface area contributed by atoms with Gasteiger partial charge in [-0.25, -0.2) is 0 Å². The third-order valence-corrected chi connectivity index (χ3v) is 5.50. The van der Waals surface area contributed by atoms with Gasteiger partial charge in [-0.3, -0.25) is 14.4 Å². The average molecular weight is 402 g/mol. The van der Waals surface area contributed by atoms with Gasteiger partial charge in [0.05, 0.1) is 12.2 Å². The van der Waals surface area contributed by atoms with E-state index in [0.29, 0.717) is 57.4 Å². The van der Waals surface area contributed by atoms with Crippen molar-refractivity contribution in [3.8, 4) is 5.75 Å². The molecule has 1 aromatic carbocycles. The summed E-state index contributed by atoms with van der Waals surface area (Å²) in [6.45, 7) is 7.43. The zero-order valence-corrected chi connectivity index (χ0v) is 17.4. The highest BCUT2D eigenvalue weighted by atomic mass is 16.5. The van der Waals surface area contributed by atoms with E-state index in [1.807, 2.05) is 29.2 Å². The number of ether oxygens (including phenoxy) is 1. The Morgan fingerprint density at radius 2 is 1.45 bits per heavy atom. The standard InChI is InChI=1S/C22H31N3O4/c1-17(2)7-8-20(26)23-11-13-24(14-12-23)21(27)9-10-22(28)25-15-16-29-19-6-4-3-5-18(19)25/h3-6,17H,7-16H2,1-2H3. The van der Waals surface area contributed by atoms with Crippen molar-refractivity contribution in [2.24, 2.45) is 5.92 Å². The molecule has 0 atom stereocenters. The fourth-order valence-electron chi connectivity index (χ4n) is 3.71. The molecule has 1 saturated heterocycles. The van der Waals surface area contributed by atoms with E-state index in [0.717, 1.165) is 12.1 Å². The Morgan fingerprint density at radius 3 is 2.10 bits per heavy atom. The summed E-state index contributed by atoms with van der Waals surface area (Å²) in [6, 6.07) is 7.47. The lowest BCUT2D eigenvalue weighted by atomic mass is 10.1. The maximum Gasteiger partial charge on any atom is 0.227 e. The number of rotatable bonds is 6. The first kappa shape index (κ1) is 21.1.